The molecule has 10 nitrogen and oxygen atoms in total. The molecular weight excluding hydrogens is 512 g/mol. The van der Waals surface area contributed by atoms with E-state index in [-0.39, 0.29) is 34.9 Å². The van der Waals surface area contributed by atoms with E-state index in [1.54, 1.807) is 35.2 Å². The van der Waals surface area contributed by atoms with Crippen LogP contribution in [0.5, 0.6) is 0 Å². The molecule has 0 aliphatic carbocycles. The van der Waals surface area contributed by atoms with Gasteiger partial charge in [-0.15, -0.1) is 11.3 Å². The molecule has 12 heteroatoms. The number of carbonyl (C=O) groups is 2. The van der Waals surface area contributed by atoms with Crippen molar-refractivity contribution in [3.63, 3.8) is 0 Å². The van der Waals surface area contributed by atoms with E-state index in [0.717, 1.165) is 10.9 Å². The molecule has 37 heavy (non-hydrogen) atoms. The minimum absolute atomic E-state index is 0.0530. The number of rotatable bonds is 6. The lowest BCUT2D eigenvalue weighted by atomic mass is 10.2. The molecule has 188 valence electrons. The van der Waals surface area contributed by atoms with Crippen LogP contribution in [0.1, 0.15) is 18.5 Å². The van der Waals surface area contributed by atoms with Crippen LogP contribution in [0.15, 0.2) is 71.2 Å². The Morgan fingerprint density at radius 2 is 1.92 bits per heavy atom. The number of hydrogen-bond donors (Lipinski definition) is 1. The van der Waals surface area contributed by atoms with Crippen LogP contribution in [0, 0.1) is 11.3 Å². The van der Waals surface area contributed by atoms with Gasteiger partial charge in [0.25, 0.3) is 10.0 Å². The second kappa shape index (κ2) is 9.68. The number of anilines is 2. The molecule has 2 aromatic heterocycles. The second-order valence-electron chi connectivity index (χ2n) is 8.50. The highest BCUT2D eigenvalue weighted by Crippen LogP contribution is 2.27. The summed E-state index contributed by atoms with van der Waals surface area (Å²) < 4.78 is 29.3. The van der Waals surface area contributed by atoms with Gasteiger partial charge in [-0.25, -0.2) is 13.4 Å². The largest absolute Gasteiger partial charge is 0.334 e. The molecule has 0 spiro atoms. The van der Waals surface area contributed by atoms with E-state index in [4.69, 9.17) is 0 Å². The van der Waals surface area contributed by atoms with E-state index >= 15 is 0 Å². The first kappa shape index (κ1) is 24.5. The summed E-state index contributed by atoms with van der Waals surface area (Å²) in [5.74, 6) is -0.480. The van der Waals surface area contributed by atoms with Crippen molar-refractivity contribution in [1.29, 1.82) is 5.26 Å². The Balaban J connectivity index is 1.28. The van der Waals surface area contributed by atoms with Crippen LogP contribution in [0.4, 0.5) is 10.8 Å². The normalized spacial score (nSPS) is 15.0. The van der Waals surface area contributed by atoms with E-state index in [2.05, 4.69) is 15.8 Å². The van der Waals surface area contributed by atoms with Gasteiger partial charge in [-0.2, -0.15) is 5.26 Å². The summed E-state index contributed by atoms with van der Waals surface area (Å²) in [5.41, 5.74) is 1.82. The van der Waals surface area contributed by atoms with E-state index in [1.807, 2.05) is 24.3 Å². The fourth-order valence-corrected chi connectivity index (χ4v) is 6.17. The zero-order valence-corrected chi connectivity index (χ0v) is 21.4. The van der Waals surface area contributed by atoms with Gasteiger partial charge < -0.3 is 14.4 Å². The Bertz CT molecular complexity index is 1620. The molecule has 1 N–H and O–H groups in total. The average molecular weight is 535 g/mol. The van der Waals surface area contributed by atoms with Gasteiger partial charge in [-0.1, -0.05) is 18.2 Å². The van der Waals surface area contributed by atoms with Crippen molar-refractivity contribution in [1.82, 2.24) is 14.5 Å². The molecule has 0 bridgehead atoms. The van der Waals surface area contributed by atoms with Gasteiger partial charge in [0.05, 0.1) is 16.0 Å². The van der Waals surface area contributed by atoms with Crippen LogP contribution in [-0.4, -0.2) is 54.3 Å². The molecule has 4 aromatic rings. The molecule has 0 radical (unpaired) electrons. The summed E-state index contributed by atoms with van der Waals surface area (Å²) in [6.07, 6.45) is 3.18. The number of carbonyl (C=O) groups excluding carboxylic acids is 2. The first-order chi connectivity index (χ1) is 17.8. The number of aromatic nitrogens is 2. The number of thiazole rings is 1. The van der Waals surface area contributed by atoms with Crippen molar-refractivity contribution < 1.29 is 18.0 Å². The molecule has 1 unspecified atom stereocenters. The van der Waals surface area contributed by atoms with E-state index in [1.165, 1.54) is 39.5 Å². The molecule has 1 fully saturated rings. The Hall–Kier alpha value is -4.21. The summed E-state index contributed by atoms with van der Waals surface area (Å²) in [7, 11) is -3.80. The molecule has 2 amide bonds. The van der Waals surface area contributed by atoms with Crippen LogP contribution in [0.25, 0.3) is 10.9 Å². The lowest BCUT2D eigenvalue weighted by molar-refractivity contribution is -0.139. The summed E-state index contributed by atoms with van der Waals surface area (Å²) in [4.78, 5) is 33.3. The standard InChI is InChI=1S/C25H22N6O4S2/c1-17(31-15-18(14-26)21-4-2-3-5-22(21)31)24(33)29-11-12-30(23(32)16-29)19-6-8-20(9-7-19)37(34,35)28-25-27-10-13-36-25/h2-10,13,15,17H,11-12,16H2,1H3,(H,27,28). The monoisotopic (exact) mass is 534 g/mol. The lowest BCUT2D eigenvalue weighted by Crippen LogP contribution is -2.53. The maximum Gasteiger partial charge on any atom is 0.263 e. The topological polar surface area (TPSA) is 128 Å². The summed E-state index contributed by atoms with van der Waals surface area (Å²) in [6.45, 7) is 2.26. The first-order valence-corrected chi connectivity index (χ1v) is 13.8. The maximum atomic E-state index is 13.3. The molecule has 5 rings (SSSR count). The molecule has 3 heterocycles. The molecule has 1 aliphatic heterocycles. The van der Waals surface area contributed by atoms with Gasteiger partial charge in [-0.3, -0.25) is 14.3 Å². The fraction of sp³-hybridized carbons (Fsp3) is 0.200. The summed E-state index contributed by atoms with van der Waals surface area (Å²) in [5, 5.41) is 12.2. The Labute approximate surface area is 217 Å². The van der Waals surface area contributed by atoms with Crippen molar-refractivity contribution in [3.05, 3.63) is 71.9 Å². The van der Waals surface area contributed by atoms with Crippen LogP contribution in [0.2, 0.25) is 0 Å². The first-order valence-electron chi connectivity index (χ1n) is 11.4. The minimum Gasteiger partial charge on any atom is -0.334 e. The Morgan fingerprint density at radius 1 is 1.16 bits per heavy atom. The van der Waals surface area contributed by atoms with E-state index in [9.17, 15) is 23.3 Å². The molecule has 1 atom stereocenters. The van der Waals surface area contributed by atoms with Crippen molar-refractivity contribution in [2.24, 2.45) is 0 Å². The number of piperazine rings is 1. The number of benzene rings is 2. The maximum absolute atomic E-state index is 13.3. The summed E-state index contributed by atoms with van der Waals surface area (Å²) in [6, 6.07) is 15.0. The zero-order chi connectivity index (χ0) is 26.2. The Morgan fingerprint density at radius 3 is 2.59 bits per heavy atom. The van der Waals surface area contributed by atoms with Crippen molar-refractivity contribution in [2.45, 2.75) is 17.9 Å². The number of amides is 2. The van der Waals surface area contributed by atoms with E-state index in [0.29, 0.717) is 17.8 Å². The molecular formula is C25H22N6O4S2. The van der Waals surface area contributed by atoms with Gasteiger partial charge in [0.1, 0.15) is 18.7 Å². The highest BCUT2D eigenvalue weighted by atomic mass is 32.2. The molecule has 2 aromatic carbocycles. The zero-order valence-electron chi connectivity index (χ0n) is 19.7. The Kier molecular flexibility index (Phi) is 6.41. The van der Waals surface area contributed by atoms with Crippen LogP contribution in [0.3, 0.4) is 0 Å². The predicted molar refractivity (Wildman–Crippen MR) is 140 cm³/mol. The molecule has 1 aliphatic rings. The van der Waals surface area contributed by atoms with Crippen molar-refractivity contribution in [3.8, 4) is 6.07 Å². The number of nitriles is 1. The number of nitrogens with zero attached hydrogens (tertiary/aromatic N) is 5. The number of sulfonamides is 1. The number of fused-ring (bicyclic) bond motifs is 1. The molecule has 1 saturated heterocycles. The smallest absolute Gasteiger partial charge is 0.263 e. The van der Waals surface area contributed by atoms with Gasteiger partial charge in [0.2, 0.25) is 11.8 Å². The lowest BCUT2D eigenvalue weighted by Gasteiger charge is -2.35. The predicted octanol–water partition coefficient (Wildman–Crippen LogP) is 3.21. The quantitative estimate of drug-likeness (QED) is 0.405. The van der Waals surface area contributed by atoms with Crippen LogP contribution >= 0.6 is 11.3 Å². The SMILES string of the molecule is CC(C(=O)N1CCN(c2ccc(S(=O)(=O)Nc3nccs3)cc2)C(=O)C1)n1cc(C#N)c2ccccc21. The van der Waals surface area contributed by atoms with Gasteiger partial charge in [-0.05, 0) is 37.3 Å². The van der Waals surface area contributed by atoms with Gasteiger partial charge >= 0.3 is 0 Å². The van der Waals surface area contributed by atoms with E-state index < -0.39 is 16.1 Å². The third kappa shape index (κ3) is 4.66. The number of para-hydroxylation sites is 1. The second-order valence-corrected chi connectivity index (χ2v) is 11.1. The number of hydrogen-bond acceptors (Lipinski definition) is 7. The number of nitrogens with one attached hydrogen (secondary N) is 1. The highest BCUT2D eigenvalue weighted by molar-refractivity contribution is 7.93. The van der Waals surface area contributed by atoms with Gasteiger partial charge in [0, 0.05) is 41.9 Å². The van der Waals surface area contributed by atoms with Crippen molar-refractivity contribution in [2.75, 3.05) is 29.3 Å². The van der Waals surface area contributed by atoms with Crippen LogP contribution in [-0.2, 0) is 19.6 Å². The fourth-order valence-electron chi connectivity index (χ4n) is 4.38. The van der Waals surface area contributed by atoms with Crippen LogP contribution < -0.4 is 9.62 Å². The summed E-state index contributed by atoms with van der Waals surface area (Å²) >= 11 is 1.17. The van der Waals surface area contributed by atoms with Crippen molar-refractivity contribution >= 4 is 54.9 Å². The average Bonchev–Trinajstić information content (AvgIpc) is 3.55. The van der Waals surface area contributed by atoms with Gasteiger partial charge in [0.15, 0.2) is 5.13 Å². The third-order valence-corrected chi connectivity index (χ3v) is 8.45. The minimum atomic E-state index is -3.80. The molecule has 0 saturated carbocycles. The third-order valence-electron chi connectivity index (χ3n) is 6.28. The highest BCUT2D eigenvalue weighted by Gasteiger charge is 2.31.